The van der Waals surface area contributed by atoms with Crippen molar-refractivity contribution in [3.8, 4) is 11.5 Å². The van der Waals surface area contributed by atoms with Gasteiger partial charge in [0.15, 0.2) is 0 Å². The normalized spacial score (nSPS) is 21.3. The molecule has 0 bridgehead atoms. The molecule has 0 atom stereocenters. The fraction of sp³-hybridized carbons (Fsp3) is 0.611. The second-order valence-corrected chi connectivity index (χ2v) is 6.30. The summed E-state index contributed by atoms with van der Waals surface area (Å²) in [4.78, 5) is 12.2. The van der Waals surface area contributed by atoms with E-state index in [0.717, 1.165) is 37.8 Å². The Morgan fingerprint density at radius 1 is 1.08 bits per heavy atom. The molecular weight excluding hydrogens is 321 g/mol. The SMILES string of the molecule is CCCCC1CCC(C(=O)Oc2ccc(OC(F)(F)F)cc2)CC1. The zero-order valence-electron chi connectivity index (χ0n) is 13.8. The smallest absolute Gasteiger partial charge is 0.426 e. The van der Waals surface area contributed by atoms with E-state index in [-0.39, 0.29) is 23.4 Å². The lowest BCUT2D eigenvalue weighted by Crippen LogP contribution is -2.25. The van der Waals surface area contributed by atoms with E-state index in [1.807, 2.05) is 0 Å². The Hall–Kier alpha value is -1.72. The quantitative estimate of drug-likeness (QED) is 0.506. The van der Waals surface area contributed by atoms with Gasteiger partial charge in [-0.15, -0.1) is 13.2 Å². The Bertz CT molecular complexity index is 517. The fourth-order valence-corrected chi connectivity index (χ4v) is 3.09. The van der Waals surface area contributed by atoms with Gasteiger partial charge in [-0.2, -0.15) is 0 Å². The second-order valence-electron chi connectivity index (χ2n) is 6.30. The van der Waals surface area contributed by atoms with Crippen LogP contribution in [0.2, 0.25) is 0 Å². The summed E-state index contributed by atoms with van der Waals surface area (Å²) in [5, 5.41) is 0. The van der Waals surface area contributed by atoms with Crippen molar-refractivity contribution >= 4 is 5.97 Å². The Morgan fingerprint density at radius 2 is 1.67 bits per heavy atom. The van der Waals surface area contributed by atoms with Crippen molar-refractivity contribution in [2.24, 2.45) is 11.8 Å². The number of alkyl halides is 3. The third-order valence-corrected chi connectivity index (χ3v) is 4.42. The molecule has 1 aromatic rings. The highest BCUT2D eigenvalue weighted by Crippen LogP contribution is 2.33. The van der Waals surface area contributed by atoms with Gasteiger partial charge in [-0.3, -0.25) is 4.79 Å². The van der Waals surface area contributed by atoms with E-state index >= 15 is 0 Å². The van der Waals surface area contributed by atoms with Crippen LogP contribution in [0.5, 0.6) is 11.5 Å². The molecule has 3 nitrogen and oxygen atoms in total. The lowest BCUT2D eigenvalue weighted by molar-refractivity contribution is -0.274. The van der Waals surface area contributed by atoms with Gasteiger partial charge in [0.25, 0.3) is 0 Å². The summed E-state index contributed by atoms with van der Waals surface area (Å²) in [7, 11) is 0. The number of benzene rings is 1. The van der Waals surface area contributed by atoms with Crippen LogP contribution in [0, 0.1) is 11.8 Å². The Balaban J connectivity index is 1.80. The average Bonchev–Trinajstić information content (AvgIpc) is 2.54. The van der Waals surface area contributed by atoms with Crippen LogP contribution in [-0.2, 0) is 4.79 Å². The maximum Gasteiger partial charge on any atom is 0.573 e. The van der Waals surface area contributed by atoms with Crippen LogP contribution in [0.15, 0.2) is 24.3 Å². The monoisotopic (exact) mass is 344 g/mol. The molecule has 0 heterocycles. The largest absolute Gasteiger partial charge is 0.573 e. The highest BCUT2D eigenvalue weighted by Gasteiger charge is 2.31. The van der Waals surface area contributed by atoms with Gasteiger partial charge in [-0.05, 0) is 55.9 Å². The van der Waals surface area contributed by atoms with Gasteiger partial charge >= 0.3 is 12.3 Å². The van der Waals surface area contributed by atoms with E-state index in [4.69, 9.17) is 4.74 Å². The van der Waals surface area contributed by atoms with Gasteiger partial charge in [0.1, 0.15) is 11.5 Å². The third kappa shape index (κ3) is 6.06. The number of esters is 1. The number of hydrogen-bond donors (Lipinski definition) is 0. The Kier molecular flexibility index (Phi) is 6.52. The minimum atomic E-state index is -4.73. The predicted molar refractivity (Wildman–Crippen MR) is 83.7 cm³/mol. The van der Waals surface area contributed by atoms with Crippen LogP contribution in [-0.4, -0.2) is 12.3 Å². The number of halogens is 3. The maximum absolute atomic E-state index is 12.2. The first-order valence-corrected chi connectivity index (χ1v) is 8.45. The van der Waals surface area contributed by atoms with E-state index in [2.05, 4.69) is 11.7 Å². The van der Waals surface area contributed by atoms with Crippen molar-refractivity contribution in [3.63, 3.8) is 0 Å². The molecule has 1 aliphatic carbocycles. The van der Waals surface area contributed by atoms with E-state index in [9.17, 15) is 18.0 Å². The molecule has 0 radical (unpaired) electrons. The fourth-order valence-electron chi connectivity index (χ4n) is 3.09. The maximum atomic E-state index is 12.2. The minimum absolute atomic E-state index is 0.117. The molecule has 1 fully saturated rings. The highest BCUT2D eigenvalue weighted by molar-refractivity contribution is 5.75. The molecule has 2 rings (SSSR count). The van der Waals surface area contributed by atoms with Crippen LogP contribution < -0.4 is 9.47 Å². The molecule has 134 valence electrons. The molecule has 0 spiro atoms. The first-order valence-electron chi connectivity index (χ1n) is 8.45. The Labute approximate surface area is 140 Å². The van der Waals surface area contributed by atoms with Crippen LogP contribution >= 0.6 is 0 Å². The summed E-state index contributed by atoms with van der Waals surface area (Å²) >= 11 is 0. The highest BCUT2D eigenvalue weighted by atomic mass is 19.4. The van der Waals surface area contributed by atoms with Gasteiger partial charge in [0.2, 0.25) is 0 Å². The third-order valence-electron chi connectivity index (χ3n) is 4.42. The average molecular weight is 344 g/mol. The number of carbonyl (C=O) groups excluding carboxylic acids is 1. The summed E-state index contributed by atoms with van der Waals surface area (Å²) < 4.78 is 45.4. The molecule has 0 saturated heterocycles. The number of carbonyl (C=O) groups is 1. The van der Waals surface area contributed by atoms with Gasteiger partial charge in [0.05, 0.1) is 5.92 Å². The lowest BCUT2D eigenvalue weighted by Gasteiger charge is -2.27. The molecule has 1 aromatic carbocycles. The summed E-state index contributed by atoms with van der Waals surface area (Å²) in [6.45, 7) is 2.17. The first kappa shape index (κ1) is 18.6. The molecule has 0 amide bonds. The standard InChI is InChI=1S/C18H23F3O3/c1-2-3-4-13-5-7-14(8-6-13)17(22)23-15-9-11-16(12-10-15)24-18(19,20)21/h9-14H,2-8H2,1H3. The van der Waals surface area contributed by atoms with Gasteiger partial charge in [-0.1, -0.05) is 26.2 Å². The summed E-state index contributed by atoms with van der Waals surface area (Å²) in [6.07, 6.45) is 2.64. The predicted octanol–water partition coefficient (Wildman–Crippen LogP) is 5.49. The summed E-state index contributed by atoms with van der Waals surface area (Å²) in [5.74, 6) is 0.191. The first-order chi connectivity index (χ1) is 11.4. The molecule has 0 unspecified atom stereocenters. The van der Waals surface area contributed by atoms with Crippen molar-refractivity contribution < 1.29 is 27.4 Å². The molecule has 0 aromatic heterocycles. The van der Waals surface area contributed by atoms with Gasteiger partial charge in [-0.25, -0.2) is 0 Å². The van der Waals surface area contributed by atoms with E-state index in [1.54, 1.807) is 0 Å². The van der Waals surface area contributed by atoms with Crippen LogP contribution in [0.3, 0.4) is 0 Å². The Morgan fingerprint density at radius 3 is 2.21 bits per heavy atom. The van der Waals surface area contributed by atoms with Crippen molar-refractivity contribution in [1.82, 2.24) is 0 Å². The molecule has 1 aliphatic rings. The summed E-state index contributed by atoms with van der Waals surface area (Å²) in [6, 6.07) is 4.90. The summed E-state index contributed by atoms with van der Waals surface area (Å²) in [5.41, 5.74) is 0. The zero-order chi connectivity index (χ0) is 17.6. The molecule has 6 heteroatoms. The van der Waals surface area contributed by atoms with E-state index < -0.39 is 6.36 Å². The lowest BCUT2D eigenvalue weighted by atomic mass is 9.80. The minimum Gasteiger partial charge on any atom is -0.426 e. The molecular formula is C18H23F3O3. The van der Waals surface area contributed by atoms with Crippen molar-refractivity contribution in [1.29, 1.82) is 0 Å². The van der Waals surface area contributed by atoms with Crippen molar-refractivity contribution in [2.75, 3.05) is 0 Å². The number of rotatable bonds is 6. The van der Waals surface area contributed by atoms with Crippen LogP contribution in [0.1, 0.15) is 51.9 Å². The van der Waals surface area contributed by atoms with Gasteiger partial charge < -0.3 is 9.47 Å². The van der Waals surface area contributed by atoms with Gasteiger partial charge in [0, 0.05) is 0 Å². The van der Waals surface area contributed by atoms with E-state index in [0.29, 0.717) is 5.92 Å². The van der Waals surface area contributed by atoms with E-state index in [1.165, 1.54) is 31.4 Å². The van der Waals surface area contributed by atoms with Crippen molar-refractivity contribution in [2.45, 2.75) is 58.2 Å². The molecule has 1 saturated carbocycles. The number of ether oxygens (including phenoxy) is 2. The van der Waals surface area contributed by atoms with Crippen molar-refractivity contribution in [3.05, 3.63) is 24.3 Å². The topological polar surface area (TPSA) is 35.5 Å². The second kappa shape index (κ2) is 8.40. The molecule has 0 N–H and O–H groups in total. The van der Waals surface area contributed by atoms with Crippen LogP contribution in [0.4, 0.5) is 13.2 Å². The molecule has 24 heavy (non-hydrogen) atoms. The van der Waals surface area contributed by atoms with Crippen LogP contribution in [0.25, 0.3) is 0 Å². The number of unbranched alkanes of at least 4 members (excludes halogenated alkanes) is 1. The number of hydrogen-bond acceptors (Lipinski definition) is 3. The molecule has 0 aliphatic heterocycles. The zero-order valence-corrected chi connectivity index (χ0v) is 13.8.